The highest BCUT2D eigenvalue weighted by Crippen LogP contribution is 2.46. The molecule has 40 heavy (non-hydrogen) atoms. The van der Waals surface area contributed by atoms with Crippen LogP contribution in [0.4, 0.5) is 0 Å². The van der Waals surface area contributed by atoms with E-state index in [0.717, 1.165) is 17.7 Å². The normalized spacial score (nSPS) is 22.4. The van der Waals surface area contributed by atoms with Crippen molar-refractivity contribution in [2.45, 2.75) is 56.3 Å². The van der Waals surface area contributed by atoms with Gasteiger partial charge in [0.2, 0.25) is 0 Å². The fraction of sp³-hybridized carbons (Fsp3) is 0.345. The maximum Gasteiger partial charge on any atom is 0.338 e. The predicted octanol–water partition coefficient (Wildman–Crippen LogP) is 5.79. The van der Waals surface area contributed by atoms with E-state index in [1.54, 1.807) is 64.9 Å². The molecule has 9 nitrogen and oxygen atoms in total. The summed E-state index contributed by atoms with van der Waals surface area (Å²) in [4.78, 5) is 59.6. The van der Waals surface area contributed by atoms with E-state index < -0.39 is 35.9 Å². The van der Waals surface area contributed by atoms with E-state index in [9.17, 15) is 19.3 Å². The van der Waals surface area contributed by atoms with Crippen LogP contribution < -0.4 is 5.48 Å². The van der Waals surface area contributed by atoms with Crippen LogP contribution in [0.25, 0.3) is 0 Å². The minimum Gasteiger partial charge on any atom is -0.465 e. The van der Waals surface area contributed by atoms with Crippen molar-refractivity contribution in [3.63, 3.8) is 0 Å². The highest BCUT2D eigenvalue weighted by molar-refractivity contribution is 7.10. The third kappa shape index (κ3) is 5.52. The van der Waals surface area contributed by atoms with E-state index in [1.807, 2.05) is 0 Å². The number of benzene rings is 2. The predicted molar refractivity (Wildman–Crippen MR) is 150 cm³/mol. The molecule has 1 saturated carbocycles. The Labute approximate surface area is 240 Å². The molecule has 0 radical (unpaired) electrons. The summed E-state index contributed by atoms with van der Waals surface area (Å²) >= 11 is 7.49. The first-order valence-corrected chi connectivity index (χ1v) is 14.3. The number of nitrogens with one attached hydrogen (secondary N) is 1. The standard InChI is InChI=1S/C29H28ClN3O6S/c1-38-29(36)18-14-20(40-16-18)15-39-32-27(34)25-21-6-2-3-7-22(21)28(35)33(24-9-5-4-8-23(24)31-37)26(25)17-10-12-19(30)13-11-17/h2-3,6-7,10-14,16,23-26H,4-5,8-9,15H2,1H3,(H,32,34)/t23-,24-,25+,26-/m0/s1. The third-order valence-electron chi connectivity index (χ3n) is 7.52. The van der Waals surface area contributed by atoms with Crippen molar-refractivity contribution in [3.8, 4) is 0 Å². The second-order valence-electron chi connectivity index (χ2n) is 9.85. The molecule has 1 aromatic heterocycles. The largest absolute Gasteiger partial charge is 0.465 e. The van der Waals surface area contributed by atoms with Gasteiger partial charge >= 0.3 is 5.97 Å². The lowest BCUT2D eigenvalue weighted by Crippen LogP contribution is -2.55. The van der Waals surface area contributed by atoms with Crippen molar-refractivity contribution in [1.82, 2.24) is 10.4 Å². The van der Waals surface area contributed by atoms with E-state index in [2.05, 4.69) is 10.7 Å². The van der Waals surface area contributed by atoms with Crippen LogP contribution in [0.5, 0.6) is 0 Å². The minimum atomic E-state index is -0.835. The van der Waals surface area contributed by atoms with Gasteiger partial charge in [-0.25, -0.2) is 10.3 Å². The zero-order chi connectivity index (χ0) is 28.2. The average Bonchev–Trinajstić information content (AvgIpc) is 3.46. The van der Waals surface area contributed by atoms with Gasteiger partial charge in [-0.15, -0.1) is 11.3 Å². The number of thiophene rings is 1. The van der Waals surface area contributed by atoms with Gasteiger partial charge in [0.15, 0.2) is 0 Å². The number of amides is 2. The molecule has 0 spiro atoms. The number of hydrogen-bond acceptors (Lipinski definition) is 8. The Kier molecular flexibility index (Phi) is 8.58. The summed E-state index contributed by atoms with van der Waals surface area (Å²) < 4.78 is 4.74. The zero-order valence-electron chi connectivity index (χ0n) is 21.7. The van der Waals surface area contributed by atoms with Gasteiger partial charge in [0, 0.05) is 20.8 Å². The van der Waals surface area contributed by atoms with Crippen molar-refractivity contribution in [2.24, 2.45) is 5.18 Å². The molecule has 5 rings (SSSR count). The molecule has 1 fully saturated rings. The molecule has 4 atom stereocenters. The Balaban J connectivity index is 1.50. The van der Waals surface area contributed by atoms with Gasteiger partial charge in [-0.2, -0.15) is 4.91 Å². The number of nitrogens with zero attached hydrogens (tertiary/aromatic N) is 2. The Morgan fingerprint density at radius 2 is 1.88 bits per heavy atom. The van der Waals surface area contributed by atoms with Crippen LogP contribution in [0.3, 0.4) is 0 Å². The van der Waals surface area contributed by atoms with Crippen molar-refractivity contribution in [2.75, 3.05) is 7.11 Å². The van der Waals surface area contributed by atoms with Crippen molar-refractivity contribution in [3.05, 3.63) is 97.0 Å². The quantitative estimate of drug-likeness (QED) is 0.204. The number of nitroso groups, excluding NO2 is 1. The molecule has 2 aliphatic rings. The number of ether oxygens (including phenoxy) is 1. The fourth-order valence-electron chi connectivity index (χ4n) is 5.68. The monoisotopic (exact) mass is 581 g/mol. The fourth-order valence-corrected chi connectivity index (χ4v) is 6.57. The number of hydroxylamine groups is 1. The highest BCUT2D eigenvalue weighted by Gasteiger charge is 2.49. The minimum absolute atomic E-state index is 0.0375. The van der Waals surface area contributed by atoms with E-state index in [-0.39, 0.29) is 12.5 Å². The van der Waals surface area contributed by atoms with Crippen LogP contribution in [0.15, 0.2) is 65.2 Å². The number of esters is 1. The Hall–Kier alpha value is -3.60. The zero-order valence-corrected chi connectivity index (χ0v) is 23.3. The SMILES string of the molecule is COC(=O)c1csc(CONC(=O)[C@@H]2c3ccccc3C(=O)N([C@H]3CCCC[C@@H]3N=O)[C@H]2c2ccc(Cl)cc2)c1. The summed E-state index contributed by atoms with van der Waals surface area (Å²) in [6, 6.07) is 14.0. The third-order valence-corrected chi connectivity index (χ3v) is 8.68. The number of carbonyl (C=O) groups is 3. The molecule has 3 aromatic rings. The first-order valence-electron chi connectivity index (χ1n) is 13.0. The average molecular weight is 582 g/mol. The molecule has 0 saturated heterocycles. The molecule has 1 N–H and O–H groups in total. The smallest absolute Gasteiger partial charge is 0.338 e. The molecule has 1 aliphatic carbocycles. The van der Waals surface area contributed by atoms with Crippen LogP contribution in [0, 0.1) is 4.91 Å². The number of methoxy groups -OCH3 is 1. The van der Waals surface area contributed by atoms with Crippen LogP contribution in [0.1, 0.15) is 74.4 Å². The lowest BCUT2D eigenvalue weighted by atomic mass is 9.76. The van der Waals surface area contributed by atoms with Crippen molar-refractivity contribution in [1.29, 1.82) is 0 Å². The number of halogens is 1. The van der Waals surface area contributed by atoms with E-state index >= 15 is 0 Å². The molecule has 2 amide bonds. The maximum absolute atomic E-state index is 14.0. The van der Waals surface area contributed by atoms with Crippen LogP contribution in [-0.4, -0.2) is 41.9 Å². The Bertz CT molecular complexity index is 1410. The number of fused-ring (bicyclic) bond motifs is 1. The van der Waals surface area contributed by atoms with Gasteiger partial charge in [0.05, 0.1) is 30.7 Å². The molecular formula is C29H28ClN3O6S. The van der Waals surface area contributed by atoms with Crippen LogP contribution >= 0.6 is 22.9 Å². The molecule has 208 valence electrons. The summed E-state index contributed by atoms with van der Waals surface area (Å²) in [5, 5.41) is 5.57. The molecule has 2 heterocycles. The first-order chi connectivity index (χ1) is 19.4. The highest BCUT2D eigenvalue weighted by atomic mass is 35.5. The summed E-state index contributed by atoms with van der Waals surface area (Å²) in [6.45, 7) is 0.0375. The van der Waals surface area contributed by atoms with Crippen LogP contribution in [-0.2, 0) is 21.0 Å². The first kappa shape index (κ1) is 27.9. The second-order valence-corrected chi connectivity index (χ2v) is 11.3. The maximum atomic E-state index is 14.0. The summed E-state index contributed by atoms with van der Waals surface area (Å²) in [5.74, 6) is -1.97. The molecule has 11 heteroatoms. The topological polar surface area (TPSA) is 114 Å². The lowest BCUT2D eigenvalue weighted by Gasteiger charge is -2.47. The number of rotatable bonds is 8. The number of hydrogen-bond donors (Lipinski definition) is 1. The molecule has 2 aromatic carbocycles. The van der Waals surface area contributed by atoms with Crippen molar-refractivity contribution < 1.29 is 24.0 Å². The van der Waals surface area contributed by atoms with E-state index in [0.29, 0.717) is 40.1 Å². The number of carbonyl (C=O) groups excluding carboxylic acids is 3. The van der Waals surface area contributed by atoms with E-state index in [4.69, 9.17) is 21.2 Å². The molecule has 0 bridgehead atoms. The van der Waals surface area contributed by atoms with Gasteiger partial charge in [-0.1, -0.05) is 60.0 Å². The lowest BCUT2D eigenvalue weighted by molar-refractivity contribution is -0.138. The molecule has 0 unspecified atom stereocenters. The summed E-state index contributed by atoms with van der Waals surface area (Å²) in [5.41, 5.74) is 4.66. The Morgan fingerprint density at radius 3 is 2.62 bits per heavy atom. The van der Waals surface area contributed by atoms with Gasteiger partial charge in [-0.3, -0.25) is 14.4 Å². The second kappa shape index (κ2) is 12.3. The van der Waals surface area contributed by atoms with Crippen LogP contribution in [0.2, 0.25) is 5.02 Å². The summed E-state index contributed by atoms with van der Waals surface area (Å²) in [6.07, 6.45) is 2.90. The van der Waals surface area contributed by atoms with Crippen molar-refractivity contribution >= 4 is 40.7 Å². The van der Waals surface area contributed by atoms with E-state index in [1.165, 1.54) is 18.4 Å². The van der Waals surface area contributed by atoms with Gasteiger partial charge in [-0.05, 0) is 48.2 Å². The van der Waals surface area contributed by atoms with Gasteiger partial charge in [0.25, 0.3) is 11.8 Å². The summed E-state index contributed by atoms with van der Waals surface area (Å²) in [7, 11) is 1.31. The Morgan fingerprint density at radius 1 is 1.12 bits per heavy atom. The molecule has 1 aliphatic heterocycles. The molecular weight excluding hydrogens is 554 g/mol. The van der Waals surface area contributed by atoms with Gasteiger partial charge < -0.3 is 9.64 Å². The van der Waals surface area contributed by atoms with Gasteiger partial charge in [0.1, 0.15) is 12.6 Å².